The van der Waals surface area contributed by atoms with E-state index in [-0.39, 0.29) is 11.5 Å². The highest BCUT2D eigenvalue weighted by atomic mass is 16.5. The molecule has 2 aliphatic heterocycles. The van der Waals surface area contributed by atoms with Crippen LogP contribution in [0.25, 0.3) is 0 Å². The molecule has 0 radical (unpaired) electrons. The molecule has 4 heteroatoms. The minimum Gasteiger partial charge on any atom is -0.493 e. The van der Waals surface area contributed by atoms with Crippen molar-refractivity contribution in [1.29, 1.82) is 0 Å². The van der Waals surface area contributed by atoms with Gasteiger partial charge in [0.1, 0.15) is 12.6 Å². The van der Waals surface area contributed by atoms with Crippen molar-refractivity contribution in [2.75, 3.05) is 27.2 Å². The molecule has 0 amide bonds. The van der Waals surface area contributed by atoms with E-state index in [1.165, 1.54) is 30.5 Å². The van der Waals surface area contributed by atoms with Crippen LogP contribution in [0.2, 0.25) is 0 Å². The monoisotopic (exact) mass is 342 g/mol. The molecule has 3 unspecified atom stereocenters. The number of hydrogen-bond acceptors (Lipinski definition) is 3. The summed E-state index contributed by atoms with van der Waals surface area (Å²) in [5, 5.41) is 10.2. The number of ether oxygens (including phenoxy) is 2. The topological polar surface area (TPSA) is 38.7 Å². The van der Waals surface area contributed by atoms with E-state index in [1.807, 2.05) is 6.08 Å². The molecular weight excluding hydrogens is 314 g/mol. The second-order valence-electron chi connectivity index (χ2n) is 8.82. The third kappa shape index (κ3) is 2.34. The van der Waals surface area contributed by atoms with Crippen molar-refractivity contribution >= 4 is 0 Å². The van der Waals surface area contributed by atoms with Crippen LogP contribution in [-0.4, -0.2) is 49.0 Å². The second kappa shape index (κ2) is 5.24. The first-order valence-corrected chi connectivity index (χ1v) is 9.61. The summed E-state index contributed by atoms with van der Waals surface area (Å²) in [6.45, 7) is 3.51. The molecule has 1 spiro atoms. The van der Waals surface area contributed by atoms with Crippen LogP contribution < -0.4 is 9.47 Å². The van der Waals surface area contributed by atoms with E-state index in [4.69, 9.17) is 9.47 Å². The third-order valence-electron chi connectivity index (χ3n) is 6.81. The second-order valence-corrected chi connectivity index (χ2v) is 8.82. The number of hydrogen-bond donors (Lipinski definition) is 1. The molecule has 4 atom stereocenters. The van der Waals surface area contributed by atoms with E-state index in [2.05, 4.69) is 25.3 Å². The van der Waals surface area contributed by atoms with Gasteiger partial charge in [0.15, 0.2) is 11.5 Å². The Kier molecular flexibility index (Phi) is 3.29. The Morgan fingerprint density at radius 1 is 1.36 bits per heavy atom. The predicted octanol–water partition coefficient (Wildman–Crippen LogP) is 2.78. The maximum absolute atomic E-state index is 10.2. The predicted molar refractivity (Wildman–Crippen MR) is 95.8 cm³/mol. The average Bonchev–Trinajstić information content (AvgIpc) is 3.33. The Morgan fingerprint density at radius 3 is 2.96 bits per heavy atom. The van der Waals surface area contributed by atoms with Crippen LogP contribution in [0, 0.1) is 5.92 Å². The van der Waals surface area contributed by atoms with Crippen LogP contribution >= 0.6 is 0 Å². The van der Waals surface area contributed by atoms with Crippen molar-refractivity contribution in [3.63, 3.8) is 0 Å². The lowest BCUT2D eigenvalue weighted by Gasteiger charge is -2.37. The molecule has 1 aromatic rings. The maximum atomic E-state index is 10.2. The molecule has 4 aliphatic rings. The quantitative estimate of drug-likeness (QED) is 0.678. The molecular formula is C21H28NO3+. The first-order valence-electron chi connectivity index (χ1n) is 9.61. The molecule has 2 heterocycles. The molecule has 1 N–H and O–H groups in total. The van der Waals surface area contributed by atoms with Gasteiger partial charge < -0.3 is 19.1 Å². The van der Waals surface area contributed by atoms with Gasteiger partial charge in [-0.05, 0) is 25.0 Å². The first kappa shape index (κ1) is 15.7. The summed E-state index contributed by atoms with van der Waals surface area (Å²) >= 11 is 0. The maximum Gasteiger partial charge on any atom is 0.166 e. The molecule has 2 aliphatic carbocycles. The van der Waals surface area contributed by atoms with Crippen LogP contribution in [0.5, 0.6) is 11.5 Å². The van der Waals surface area contributed by atoms with Gasteiger partial charge in [-0.2, -0.15) is 0 Å². The Labute approximate surface area is 149 Å². The van der Waals surface area contributed by atoms with E-state index in [1.54, 1.807) is 7.11 Å². The van der Waals surface area contributed by atoms with Crippen LogP contribution in [0.3, 0.4) is 0 Å². The number of rotatable bonds is 3. The summed E-state index contributed by atoms with van der Waals surface area (Å²) in [6, 6.07) is 4.31. The lowest BCUT2D eigenvalue weighted by atomic mass is 9.69. The van der Waals surface area contributed by atoms with E-state index in [9.17, 15) is 5.11 Å². The number of aliphatic hydroxyl groups is 1. The molecule has 4 nitrogen and oxygen atoms in total. The highest BCUT2D eigenvalue weighted by molar-refractivity contribution is 5.60. The average molecular weight is 342 g/mol. The molecule has 5 rings (SSSR count). The molecule has 1 saturated carbocycles. The van der Waals surface area contributed by atoms with Crippen molar-refractivity contribution in [3.8, 4) is 11.5 Å². The van der Waals surface area contributed by atoms with Gasteiger partial charge in [-0.1, -0.05) is 12.2 Å². The van der Waals surface area contributed by atoms with Crippen LogP contribution in [0.1, 0.15) is 36.8 Å². The van der Waals surface area contributed by atoms with Gasteiger partial charge in [0.25, 0.3) is 0 Å². The molecule has 0 aromatic heterocycles. The van der Waals surface area contributed by atoms with Gasteiger partial charge in [-0.25, -0.2) is 0 Å². The number of quaternary nitrogens is 1. The van der Waals surface area contributed by atoms with Gasteiger partial charge in [-0.15, -0.1) is 0 Å². The van der Waals surface area contributed by atoms with Crippen molar-refractivity contribution in [3.05, 3.63) is 35.4 Å². The molecule has 134 valence electrons. The SMILES string of the molecule is COc1ccc2c3c1O[C@@H]1CC(O)C=CC31CC[N+](C)(CC1CC1)C2. The highest BCUT2D eigenvalue weighted by Crippen LogP contribution is 2.56. The molecule has 0 bridgehead atoms. The molecule has 1 fully saturated rings. The summed E-state index contributed by atoms with van der Waals surface area (Å²) < 4.78 is 13.1. The normalized spacial score (nSPS) is 38.5. The summed E-state index contributed by atoms with van der Waals surface area (Å²) in [7, 11) is 4.13. The molecule has 0 saturated heterocycles. The van der Waals surface area contributed by atoms with Gasteiger partial charge >= 0.3 is 0 Å². The van der Waals surface area contributed by atoms with Gasteiger partial charge in [0, 0.05) is 29.9 Å². The van der Waals surface area contributed by atoms with E-state index in [0.717, 1.165) is 41.4 Å². The Balaban J connectivity index is 1.65. The fourth-order valence-corrected chi connectivity index (χ4v) is 5.36. The number of aliphatic hydroxyl groups excluding tert-OH is 1. The highest BCUT2D eigenvalue weighted by Gasteiger charge is 2.55. The number of nitrogens with zero attached hydrogens (tertiary/aromatic N) is 1. The van der Waals surface area contributed by atoms with Crippen LogP contribution in [0.15, 0.2) is 24.3 Å². The van der Waals surface area contributed by atoms with Crippen molar-refractivity contribution in [1.82, 2.24) is 0 Å². The first-order chi connectivity index (χ1) is 12.0. The Morgan fingerprint density at radius 2 is 2.20 bits per heavy atom. The van der Waals surface area contributed by atoms with Crippen molar-refractivity contribution in [2.45, 2.75) is 49.9 Å². The van der Waals surface area contributed by atoms with Gasteiger partial charge in [-0.3, -0.25) is 0 Å². The van der Waals surface area contributed by atoms with Crippen LogP contribution in [-0.2, 0) is 12.0 Å². The zero-order chi connectivity index (χ0) is 17.2. The van der Waals surface area contributed by atoms with Crippen molar-refractivity contribution < 1.29 is 19.1 Å². The lowest BCUT2D eigenvalue weighted by Crippen LogP contribution is -2.47. The zero-order valence-corrected chi connectivity index (χ0v) is 15.2. The third-order valence-corrected chi connectivity index (χ3v) is 6.81. The Bertz CT molecular complexity index is 741. The van der Waals surface area contributed by atoms with Crippen molar-refractivity contribution in [2.24, 2.45) is 5.92 Å². The summed E-state index contributed by atoms with van der Waals surface area (Å²) in [6.07, 6.45) is 8.38. The fraction of sp³-hybridized carbons (Fsp3) is 0.619. The van der Waals surface area contributed by atoms with Crippen LogP contribution in [0.4, 0.5) is 0 Å². The van der Waals surface area contributed by atoms with E-state index in [0.29, 0.717) is 6.42 Å². The summed E-state index contributed by atoms with van der Waals surface area (Å²) in [4.78, 5) is 0. The minimum absolute atomic E-state index is 0.0185. The van der Waals surface area contributed by atoms with Gasteiger partial charge in [0.05, 0.1) is 38.8 Å². The largest absolute Gasteiger partial charge is 0.493 e. The Hall–Kier alpha value is -1.52. The fourth-order valence-electron chi connectivity index (χ4n) is 5.36. The summed E-state index contributed by atoms with van der Waals surface area (Å²) in [5.41, 5.74) is 2.63. The molecule has 25 heavy (non-hydrogen) atoms. The minimum atomic E-state index is -0.407. The number of methoxy groups -OCH3 is 1. The lowest BCUT2D eigenvalue weighted by molar-refractivity contribution is -0.924. The zero-order valence-electron chi connectivity index (χ0n) is 15.2. The van der Waals surface area contributed by atoms with E-state index < -0.39 is 6.10 Å². The smallest absolute Gasteiger partial charge is 0.166 e. The van der Waals surface area contributed by atoms with E-state index >= 15 is 0 Å². The van der Waals surface area contributed by atoms with Gasteiger partial charge in [0.2, 0.25) is 0 Å². The standard InChI is InChI=1S/C21H28NO3/c1-22(12-14-3-4-14)10-9-21-8-7-16(23)11-18(21)25-20-17(24-2)6-5-15(13-22)19(20)21/h5-8,14,16,18,23H,3-4,9-13H2,1-2H3/q+1/t16?,18-,21?,22?/m1/s1. The summed E-state index contributed by atoms with van der Waals surface area (Å²) in [5.74, 6) is 2.66. The molecule has 1 aromatic carbocycles. The number of benzene rings is 1.